The van der Waals surface area contributed by atoms with E-state index in [1.54, 1.807) is 0 Å². The minimum atomic E-state index is 0. The van der Waals surface area contributed by atoms with Crippen LogP contribution in [0.15, 0.2) is 30.3 Å². The molecule has 238 valence electrons. The number of nitrogens with zero attached hydrogens (tertiary/aromatic N) is 1. The van der Waals surface area contributed by atoms with Crippen molar-refractivity contribution < 1.29 is 22.0 Å². The highest BCUT2D eigenvalue weighted by atomic mass is 35.5. The summed E-state index contributed by atoms with van der Waals surface area (Å²) in [6.45, 7) is 7.39. The summed E-state index contributed by atoms with van der Waals surface area (Å²) >= 11 is 0. The number of quaternary nitrogens is 1. The first-order valence-electron chi connectivity index (χ1n) is 17.5. The van der Waals surface area contributed by atoms with E-state index >= 15 is 0 Å². The van der Waals surface area contributed by atoms with Crippen molar-refractivity contribution in [2.75, 3.05) is 27.2 Å². The SMILES string of the molecule is CCCCCCCCCCCCCCCCO.CCCCCCCCCCCC[N+](C)(C)Cc1ccccc1.[Cl-]. The summed E-state index contributed by atoms with van der Waals surface area (Å²) in [5.74, 6) is 0. The van der Waals surface area contributed by atoms with Gasteiger partial charge in [0.2, 0.25) is 0 Å². The molecule has 0 bridgehead atoms. The fourth-order valence-electron chi connectivity index (χ4n) is 5.49. The number of aliphatic hydroxyl groups excluding tert-OH is 1. The smallest absolute Gasteiger partial charge is 0.104 e. The first-order valence-corrected chi connectivity index (χ1v) is 17.5. The molecule has 0 atom stereocenters. The number of aliphatic hydroxyl groups is 1. The predicted molar refractivity (Wildman–Crippen MR) is 176 cm³/mol. The van der Waals surface area contributed by atoms with Crippen LogP contribution >= 0.6 is 0 Å². The Hall–Kier alpha value is -0.570. The molecule has 1 rings (SSSR count). The van der Waals surface area contributed by atoms with Gasteiger partial charge in [0.25, 0.3) is 0 Å². The molecule has 0 unspecified atom stereocenters. The maximum absolute atomic E-state index is 8.64. The van der Waals surface area contributed by atoms with Crippen LogP contribution < -0.4 is 12.4 Å². The van der Waals surface area contributed by atoms with Crippen molar-refractivity contribution in [3.8, 4) is 0 Å². The van der Waals surface area contributed by atoms with Crippen LogP contribution in [0, 0.1) is 0 Å². The lowest BCUT2D eigenvalue weighted by atomic mass is 10.0. The van der Waals surface area contributed by atoms with E-state index in [2.05, 4.69) is 58.3 Å². The number of hydrogen-bond donors (Lipinski definition) is 1. The van der Waals surface area contributed by atoms with Gasteiger partial charge in [-0.15, -0.1) is 0 Å². The first kappa shape index (κ1) is 41.6. The first-order chi connectivity index (χ1) is 19.1. The van der Waals surface area contributed by atoms with Crippen molar-refractivity contribution >= 4 is 0 Å². The molecule has 1 aromatic rings. The molecule has 1 N–H and O–H groups in total. The van der Waals surface area contributed by atoms with E-state index in [1.807, 2.05) is 0 Å². The quantitative estimate of drug-likeness (QED) is 0.0814. The topological polar surface area (TPSA) is 20.2 Å². The fourth-order valence-corrected chi connectivity index (χ4v) is 5.49. The molecule has 0 fully saturated rings. The molecule has 0 spiro atoms. The Balaban J connectivity index is 0. The molecule has 0 saturated carbocycles. The number of hydrogen-bond acceptors (Lipinski definition) is 1. The van der Waals surface area contributed by atoms with Crippen LogP contribution in [0.1, 0.15) is 174 Å². The number of benzene rings is 1. The molecule has 0 saturated heterocycles. The lowest BCUT2D eigenvalue weighted by Gasteiger charge is -2.30. The van der Waals surface area contributed by atoms with Crippen LogP contribution in [-0.2, 0) is 6.54 Å². The molecule has 0 amide bonds. The summed E-state index contributed by atoms with van der Waals surface area (Å²) in [4.78, 5) is 0. The normalized spacial score (nSPS) is 11.1. The number of rotatable bonds is 27. The molecule has 3 heteroatoms. The van der Waals surface area contributed by atoms with E-state index in [1.165, 1.54) is 160 Å². The van der Waals surface area contributed by atoms with Gasteiger partial charge in [-0.25, -0.2) is 0 Å². The molecule has 0 aliphatic carbocycles. The molecule has 0 heterocycles. The Labute approximate surface area is 259 Å². The van der Waals surface area contributed by atoms with Crippen LogP contribution in [0.5, 0.6) is 0 Å². The maximum Gasteiger partial charge on any atom is 0.104 e. The van der Waals surface area contributed by atoms with Crippen molar-refractivity contribution in [3.63, 3.8) is 0 Å². The Kier molecular flexibility index (Phi) is 34.2. The van der Waals surface area contributed by atoms with Gasteiger partial charge in [-0.05, 0) is 19.3 Å². The Morgan fingerprint density at radius 1 is 0.475 bits per heavy atom. The van der Waals surface area contributed by atoms with Gasteiger partial charge < -0.3 is 22.0 Å². The second kappa shape index (κ2) is 32.9. The van der Waals surface area contributed by atoms with Gasteiger partial charge in [-0.1, -0.05) is 179 Å². The average molecular weight is 582 g/mol. The summed E-state index contributed by atoms with van der Waals surface area (Å²) in [7, 11) is 4.72. The second-order valence-corrected chi connectivity index (χ2v) is 12.8. The van der Waals surface area contributed by atoms with Gasteiger partial charge in [0.05, 0.1) is 20.6 Å². The van der Waals surface area contributed by atoms with Gasteiger partial charge in [-0.3, -0.25) is 0 Å². The molecule has 0 aliphatic rings. The Morgan fingerprint density at radius 3 is 1.15 bits per heavy atom. The zero-order valence-corrected chi connectivity index (χ0v) is 28.5. The Morgan fingerprint density at radius 2 is 0.800 bits per heavy atom. The monoisotopic (exact) mass is 582 g/mol. The largest absolute Gasteiger partial charge is 1.00 e. The summed E-state index contributed by atoms with van der Waals surface area (Å²) in [6.07, 6.45) is 33.4. The number of unbranched alkanes of at least 4 members (excludes halogenated alkanes) is 22. The molecule has 1 aromatic carbocycles. The molecule has 40 heavy (non-hydrogen) atoms. The van der Waals surface area contributed by atoms with Crippen molar-refractivity contribution in [1.82, 2.24) is 0 Å². The van der Waals surface area contributed by atoms with Crippen molar-refractivity contribution in [3.05, 3.63) is 35.9 Å². The summed E-state index contributed by atoms with van der Waals surface area (Å²) < 4.78 is 1.11. The van der Waals surface area contributed by atoms with Gasteiger partial charge >= 0.3 is 0 Å². The van der Waals surface area contributed by atoms with Crippen LogP contribution in [0.4, 0.5) is 0 Å². The summed E-state index contributed by atoms with van der Waals surface area (Å²) in [5, 5.41) is 8.64. The summed E-state index contributed by atoms with van der Waals surface area (Å²) in [5.41, 5.74) is 1.46. The molecular weight excluding hydrogens is 510 g/mol. The average Bonchev–Trinajstić information content (AvgIpc) is 2.93. The lowest BCUT2D eigenvalue weighted by Crippen LogP contribution is -3.00. The van der Waals surface area contributed by atoms with Crippen LogP contribution in [-0.4, -0.2) is 36.8 Å². The number of halogens is 1. The van der Waals surface area contributed by atoms with Crippen molar-refractivity contribution in [2.45, 2.75) is 174 Å². The third kappa shape index (κ3) is 32.0. The van der Waals surface area contributed by atoms with Gasteiger partial charge in [0.15, 0.2) is 0 Å². The molecule has 2 nitrogen and oxygen atoms in total. The molecular formula is C37H72ClNO. The molecule has 0 radical (unpaired) electrons. The van der Waals surface area contributed by atoms with E-state index in [0.29, 0.717) is 6.61 Å². The van der Waals surface area contributed by atoms with Crippen LogP contribution in [0.25, 0.3) is 0 Å². The highest BCUT2D eigenvalue weighted by Crippen LogP contribution is 2.15. The third-order valence-electron chi connectivity index (χ3n) is 8.08. The second-order valence-electron chi connectivity index (χ2n) is 12.8. The van der Waals surface area contributed by atoms with Gasteiger partial charge in [0.1, 0.15) is 6.54 Å². The minimum absolute atomic E-state index is 0. The lowest BCUT2D eigenvalue weighted by molar-refractivity contribution is -0.903. The minimum Gasteiger partial charge on any atom is -1.00 e. The standard InChI is InChI=1S/C21H38N.C16H34O.ClH/c1-4-5-6-7-8-9-10-11-12-16-19-22(2,3)20-21-17-14-13-15-18-21;1-2-3-4-5-6-7-8-9-10-11-12-13-14-15-16-17;/h13-15,17-18H,4-12,16,19-20H2,1-3H3;17H,2-16H2,1H3;1H/q+1;;/p-1. The van der Waals surface area contributed by atoms with E-state index in [4.69, 9.17) is 5.11 Å². The van der Waals surface area contributed by atoms with Crippen molar-refractivity contribution in [1.29, 1.82) is 0 Å². The molecule has 0 aliphatic heterocycles. The zero-order chi connectivity index (χ0) is 28.7. The van der Waals surface area contributed by atoms with Crippen LogP contribution in [0.3, 0.4) is 0 Å². The zero-order valence-electron chi connectivity index (χ0n) is 27.8. The third-order valence-corrected chi connectivity index (χ3v) is 8.08. The van der Waals surface area contributed by atoms with E-state index < -0.39 is 0 Å². The Bertz CT molecular complexity index is 563. The van der Waals surface area contributed by atoms with E-state index in [-0.39, 0.29) is 12.4 Å². The molecule has 0 aromatic heterocycles. The summed E-state index contributed by atoms with van der Waals surface area (Å²) in [6, 6.07) is 10.9. The van der Waals surface area contributed by atoms with Crippen LogP contribution in [0.2, 0.25) is 0 Å². The van der Waals surface area contributed by atoms with Gasteiger partial charge in [0, 0.05) is 12.2 Å². The highest BCUT2D eigenvalue weighted by molar-refractivity contribution is 5.13. The van der Waals surface area contributed by atoms with E-state index in [0.717, 1.165) is 17.4 Å². The fraction of sp³-hybridized carbons (Fsp3) is 0.838. The van der Waals surface area contributed by atoms with Gasteiger partial charge in [-0.2, -0.15) is 0 Å². The maximum atomic E-state index is 8.64. The van der Waals surface area contributed by atoms with Crippen molar-refractivity contribution in [2.24, 2.45) is 0 Å². The predicted octanol–water partition coefficient (Wildman–Crippen LogP) is 8.65. The van der Waals surface area contributed by atoms with E-state index in [9.17, 15) is 0 Å². The highest BCUT2D eigenvalue weighted by Gasteiger charge is 2.14.